The third-order valence-electron chi connectivity index (χ3n) is 3.89. The second kappa shape index (κ2) is 5.61. The Bertz CT molecular complexity index is 797. The number of allylic oxidation sites excluding steroid dienone is 1. The first-order chi connectivity index (χ1) is 10.6. The van der Waals surface area contributed by atoms with Crippen LogP contribution >= 0.6 is 0 Å². The Kier molecular flexibility index (Phi) is 3.64. The summed E-state index contributed by atoms with van der Waals surface area (Å²) in [6, 6.07) is 11.0. The molecule has 1 aliphatic carbocycles. The number of hydrogen-bond acceptors (Lipinski definition) is 3. The van der Waals surface area contributed by atoms with E-state index >= 15 is 0 Å². The molecule has 1 aliphatic rings. The molecule has 2 atom stereocenters. The number of furan rings is 1. The maximum absolute atomic E-state index is 13.7. The van der Waals surface area contributed by atoms with Crippen molar-refractivity contribution in [2.24, 2.45) is 5.92 Å². The summed E-state index contributed by atoms with van der Waals surface area (Å²) in [7, 11) is 0. The van der Waals surface area contributed by atoms with Crippen molar-refractivity contribution in [3.8, 4) is 6.07 Å². The van der Waals surface area contributed by atoms with Crippen LogP contribution in [0.2, 0.25) is 0 Å². The van der Waals surface area contributed by atoms with Crippen molar-refractivity contribution in [1.29, 1.82) is 5.26 Å². The summed E-state index contributed by atoms with van der Waals surface area (Å²) in [5.41, 5.74) is -0.257. The van der Waals surface area contributed by atoms with Gasteiger partial charge in [-0.2, -0.15) is 5.26 Å². The number of carbonyl (C=O) groups is 1. The normalized spacial score (nSPS) is 20.5. The molecule has 0 unspecified atom stereocenters. The van der Waals surface area contributed by atoms with E-state index in [0.29, 0.717) is 17.6 Å². The number of ketones is 1. The highest BCUT2D eigenvalue weighted by Gasteiger charge is 2.36. The van der Waals surface area contributed by atoms with Crippen molar-refractivity contribution in [2.45, 2.75) is 19.3 Å². The molecule has 0 saturated heterocycles. The minimum atomic E-state index is -0.640. The van der Waals surface area contributed by atoms with Gasteiger partial charge in [-0.1, -0.05) is 19.1 Å². The van der Waals surface area contributed by atoms with Gasteiger partial charge in [-0.05, 0) is 36.6 Å². The average molecular weight is 295 g/mol. The zero-order chi connectivity index (χ0) is 15.7. The van der Waals surface area contributed by atoms with Gasteiger partial charge in [0.05, 0.1) is 5.56 Å². The number of halogens is 1. The van der Waals surface area contributed by atoms with Crippen molar-refractivity contribution in [3.63, 3.8) is 0 Å². The first kappa shape index (κ1) is 14.3. The number of rotatable bonds is 4. The van der Waals surface area contributed by atoms with Gasteiger partial charge in [0.15, 0.2) is 0 Å². The molecule has 1 aromatic carbocycles. The summed E-state index contributed by atoms with van der Waals surface area (Å²) in [6.07, 6.45) is 2.46. The Balaban J connectivity index is 1.87. The Morgan fingerprint density at radius 1 is 1.36 bits per heavy atom. The van der Waals surface area contributed by atoms with E-state index < -0.39 is 11.6 Å². The summed E-state index contributed by atoms with van der Waals surface area (Å²) in [4.78, 5) is 12.2. The van der Waals surface area contributed by atoms with Gasteiger partial charge in [0, 0.05) is 12.0 Å². The molecule has 0 amide bonds. The largest absolute Gasteiger partial charge is 0.461 e. The summed E-state index contributed by atoms with van der Waals surface area (Å²) in [5, 5.41) is 9.18. The molecule has 22 heavy (non-hydrogen) atoms. The molecule has 1 aromatic heterocycles. The highest BCUT2D eigenvalue weighted by molar-refractivity contribution is 6.14. The highest BCUT2D eigenvalue weighted by atomic mass is 19.1. The van der Waals surface area contributed by atoms with Gasteiger partial charge in [-0.25, -0.2) is 4.39 Å². The second-order valence-corrected chi connectivity index (χ2v) is 5.54. The number of hydrogen-bond donors (Lipinski definition) is 0. The van der Waals surface area contributed by atoms with E-state index in [1.807, 2.05) is 12.1 Å². The van der Waals surface area contributed by atoms with E-state index in [1.54, 1.807) is 12.1 Å². The fraction of sp³-hybridized carbons (Fsp3) is 0.222. The minimum Gasteiger partial charge on any atom is -0.461 e. The third kappa shape index (κ3) is 2.71. The average Bonchev–Trinajstić information content (AvgIpc) is 3.07. The summed E-state index contributed by atoms with van der Waals surface area (Å²) in [5.74, 6) is 1.07. The lowest BCUT2D eigenvalue weighted by Crippen LogP contribution is -2.04. The van der Waals surface area contributed by atoms with Crippen molar-refractivity contribution in [3.05, 3.63) is 64.9 Å². The lowest BCUT2D eigenvalue weighted by Gasteiger charge is -2.00. The number of nitriles is 1. The molecule has 2 aromatic rings. The van der Waals surface area contributed by atoms with Crippen LogP contribution in [-0.2, 0) is 0 Å². The monoisotopic (exact) mass is 295 g/mol. The Hall–Kier alpha value is -2.67. The number of carbonyl (C=O) groups excluding carboxylic acids is 1. The van der Waals surface area contributed by atoms with Crippen LogP contribution < -0.4 is 0 Å². The van der Waals surface area contributed by atoms with Gasteiger partial charge in [0.2, 0.25) is 5.78 Å². The van der Waals surface area contributed by atoms with Crippen LogP contribution in [0.15, 0.2) is 46.4 Å². The van der Waals surface area contributed by atoms with Gasteiger partial charge < -0.3 is 4.42 Å². The second-order valence-electron chi connectivity index (χ2n) is 5.54. The molecule has 0 radical (unpaired) electrons. The molecule has 0 bridgehead atoms. The standard InChI is InChI=1S/C18H14FNO2/c1-11-8-15(11)17-7-6-13(22-17)9-12(10-20)18(21)14-4-2-3-5-16(14)19/h2-7,9,11,15H,8H2,1H3/b12-9+/t11-,15+/m0/s1. The van der Waals surface area contributed by atoms with E-state index in [0.717, 1.165) is 12.2 Å². The van der Waals surface area contributed by atoms with E-state index in [1.165, 1.54) is 24.3 Å². The van der Waals surface area contributed by atoms with Crippen LogP contribution in [0.25, 0.3) is 6.08 Å². The first-order valence-electron chi connectivity index (χ1n) is 7.11. The lowest BCUT2D eigenvalue weighted by molar-refractivity contribution is 0.103. The summed E-state index contributed by atoms with van der Waals surface area (Å²) < 4.78 is 19.3. The van der Waals surface area contributed by atoms with E-state index in [4.69, 9.17) is 4.42 Å². The quantitative estimate of drug-likeness (QED) is 0.479. The first-order valence-corrected chi connectivity index (χ1v) is 7.11. The summed E-state index contributed by atoms with van der Waals surface area (Å²) >= 11 is 0. The van der Waals surface area contributed by atoms with E-state index in [-0.39, 0.29) is 11.1 Å². The smallest absolute Gasteiger partial charge is 0.206 e. The zero-order valence-electron chi connectivity index (χ0n) is 12.0. The molecule has 0 N–H and O–H groups in total. The van der Waals surface area contributed by atoms with Crippen molar-refractivity contribution in [2.75, 3.05) is 0 Å². The van der Waals surface area contributed by atoms with Gasteiger partial charge >= 0.3 is 0 Å². The Labute approximate surface area is 127 Å². The molecule has 0 aliphatic heterocycles. The Morgan fingerprint density at radius 2 is 2.09 bits per heavy atom. The lowest BCUT2D eigenvalue weighted by atomic mass is 10.0. The Morgan fingerprint density at radius 3 is 2.73 bits per heavy atom. The van der Waals surface area contributed by atoms with Gasteiger partial charge in [-0.3, -0.25) is 4.79 Å². The minimum absolute atomic E-state index is 0.113. The zero-order valence-corrected chi connectivity index (χ0v) is 12.0. The van der Waals surface area contributed by atoms with Crippen molar-refractivity contribution < 1.29 is 13.6 Å². The van der Waals surface area contributed by atoms with Crippen LogP contribution in [0, 0.1) is 23.1 Å². The molecule has 4 heteroatoms. The molecule has 3 nitrogen and oxygen atoms in total. The molecule has 3 rings (SSSR count). The van der Waals surface area contributed by atoms with Crippen molar-refractivity contribution >= 4 is 11.9 Å². The molecular formula is C18H14FNO2. The number of nitrogens with zero attached hydrogens (tertiary/aromatic N) is 1. The van der Waals surface area contributed by atoms with Crippen LogP contribution in [0.1, 0.15) is 41.1 Å². The molecule has 1 heterocycles. The van der Waals surface area contributed by atoms with Gasteiger partial charge in [0.25, 0.3) is 0 Å². The molecule has 0 spiro atoms. The molecule has 110 valence electrons. The predicted molar refractivity (Wildman–Crippen MR) is 79.6 cm³/mol. The number of benzene rings is 1. The molecule has 1 saturated carbocycles. The number of Topliss-reactive ketones (excluding diaryl/α,β-unsaturated/α-hetero) is 1. The van der Waals surface area contributed by atoms with Crippen LogP contribution in [0.3, 0.4) is 0 Å². The predicted octanol–water partition coefficient (Wildman–Crippen LogP) is 4.33. The van der Waals surface area contributed by atoms with Crippen LogP contribution in [0.4, 0.5) is 4.39 Å². The fourth-order valence-corrected chi connectivity index (χ4v) is 2.45. The fourth-order valence-electron chi connectivity index (χ4n) is 2.45. The van der Waals surface area contributed by atoms with Crippen LogP contribution in [-0.4, -0.2) is 5.78 Å². The van der Waals surface area contributed by atoms with Gasteiger partial charge in [0.1, 0.15) is 29.0 Å². The van der Waals surface area contributed by atoms with Crippen molar-refractivity contribution in [1.82, 2.24) is 0 Å². The molecule has 1 fully saturated rings. The third-order valence-corrected chi connectivity index (χ3v) is 3.89. The summed E-state index contributed by atoms with van der Waals surface area (Å²) in [6.45, 7) is 2.14. The van der Waals surface area contributed by atoms with E-state index in [9.17, 15) is 14.4 Å². The van der Waals surface area contributed by atoms with Gasteiger partial charge in [-0.15, -0.1) is 0 Å². The van der Waals surface area contributed by atoms with E-state index in [2.05, 4.69) is 6.92 Å². The SMILES string of the molecule is C[C@H]1C[C@H]1c1ccc(/C=C(\C#N)C(=O)c2ccccc2F)o1. The topological polar surface area (TPSA) is 54.0 Å². The maximum atomic E-state index is 13.7. The highest BCUT2D eigenvalue weighted by Crippen LogP contribution is 2.47. The molecular weight excluding hydrogens is 281 g/mol. The van der Waals surface area contributed by atoms with Crippen LogP contribution in [0.5, 0.6) is 0 Å². The maximum Gasteiger partial charge on any atom is 0.206 e.